The summed E-state index contributed by atoms with van der Waals surface area (Å²) in [5, 5.41) is 0. The van der Waals surface area contributed by atoms with Gasteiger partial charge in [0.25, 0.3) is 5.56 Å². The third-order valence-electron chi connectivity index (χ3n) is 2.96. The molecule has 0 atom stereocenters. The predicted octanol–water partition coefficient (Wildman–Crippen LogP) is 1.42. The summed E-state index contributed by atoms with van der Waals surface area (Å²) < 4.78 is 10.5. The highest BCUT2D eigenvalue weighted by molar-refractivity contribution is 5.44. The molecule has 0 spiro atoms. The Kier molecular flexibility index (Phi) is 4.24. The van der Waals surface area contributed by atoms with Gasteiger partial charge in [-0.1, -0.05) is 0 Å². The summed E-state index contributed by atoms with van der Waals surface area (Å²) in [6.07, 6.45) is 1.39. The van der Waals surface area contributed by atoms with E-state index in [0.717, 1.165) is 17.1 Å². The van der Waals surface area contributed by atoms with Gasteiger partial charge in [0.2, 0.25) is 0 Å². The molecule has 0 unspecified atom stereocenters. The van der Waals surface area contributed by atoms with Crippen molar-refractivity contribution in [1.29, 1.82) is 0 Å². The van der Waals surface area contributed by atoms with Crippen LogP contribution in [0.3, 0.4) is 0 Å². The molecule has 1 N–H and O–H groups in total. The van der Waals surface area contributed by atoms with E-state index in [0.29, 0.717) is 12.4 Å². The lowest BCUT2D eigenvalue weighted by molar-refractivity contribution is 0.391. The number of aromatic nitrogens is 2. The molecule has 6 nitrogen and oxygen atoms in total. The van der Waals surface area contributed by atoms with Crippen LogP contribution < -0.4 is 19.9 Å². The Morgan fingerprint density at radius 1 is 1.25 bits per heavy atom. The molecule has 0 bridgehead atoms. The van der Waals surface area contributed by atoms with Gasteiger partial charge in [0.05, 0.1) is 20.5 Å². The van der Waals surface area contributed by atoms with E-state index in [9.17, 15) is 4.79 Å². The van der Waals surface area contributed by atoms with Gasteiger partial charge in [0, 0.05) is 31.3 Å². The zero-order valence-corrected chi connectivity index (χ0v) is 11.7. The molecular weight excluding hydrogens is 258 g/mol. The van der Waals surface area contributed by atoms with Gasteiger partial charge in [-0.05, 0) is 12.1 Å². The highest BCUT2D eigenvalue weighted by Gasteiger charge is 2.09. The molecule has 2 aromatic rings. The lowest BCUT2D eigenvalue weighted by Crippen LogP contribution is -2.20. The summed E-state index contributed by atoms with van der Waals surface area (Å²) in [6, 6.07) is 7.09. The second-order valence-electron chi connectivity index (χ2n) is 4.30. The highest BCUT2D eigenvalue weighted by Crippen LogP contribution is 2.26. The smallest absolute Gasteiger partial charge is 0.252 e. The Hall–Kier alpha value is -2.50. The number of ether oxygens (including phenoxy) is 2. The number of nitrogens with one attached hydrogen (secondary N) is 1. The van der Waals surface area contributed by atoms with Crippen molar-refractivity contribution in [3.05, 3.63) is 46.5 Å². The molecule has 0 aliphatic rings. The maximum absolute atomic E-state index is 11.3. The largest absolute Gasteiger partial charge is 0.497 e. The van der Waals surface area contributed by atoms with E-state index in [1.165, 1.54) is 12.4 Å². The minimum absolute atomic E-state index is 0.177. The van der Waals surface area contributed by atoms with Crippen LogP contribution in [0.4, 0.5) is 5.82 Å². The van der Waals surface area contributed by atoms with E-state index >= 15 is 0 Å². The topological polar surface area (TPSA) is 67.5 Å². The second-order valence-corrected chi connectivity index (χ2v) is 4.30. The summed E-state index contributed by atoms with van der Waals surface area (Å²) in [5.41, 5.74) is 0.807. The predicted molar refractivity (Wildman–Crippen MR) is 76.5 cm³/mol. The van der Waals surface area contributed by atoms with Gasteiger partial charge in [-0.25, -0.2) is 4.98 Å². The van der Waals surface area contributed by atoms with Gasteiger partial charge in [-0.3, -0.25) is 4.79 Å². The lowest BCUT2D eigenvalue weighted by Gasteiger charge is -2.19. The number of benzene rings is 1. The van der Waals surface area contributed by atoms with Gasteiger partial charge in [-0.2, -0.15) is 0 Å². The Labute approximate surface area is 117 Å². The Morgan fingerprint density at radius 2 is 2.05 bits per heavy atom. The van der Waals surface area contributed by atoms with Crippen LogP contribution in [0.2, 0.25) is 0 Å². The minimum atomic E-state index is -0.177. The van der Waals surface area contributed by atoms with E-state index < -0.39 is 0 Å². The summed E-state index contributed by atoms with van der Waals surface area (Å²) in [4.78, 5) is 19.8. The van der Waals surface area contributed by atoms with Crippen LogP contribution in [0.25, 0.3) is 0 Å². The first kappa shape index (κ1) is 13.9. The molecule has 0 amide bonds. The number of anilines is 1. The third-order valence-corrected chi connectivity index (χ3v) is 2.96. The average molecular weight is 275 g/mol. The highest BCUT2D eigenvalue weighted by atomic mass is 16.5. The van der Waals surface area contributed by atoms with Crippen molar-refractivity contribution in [3.8, 4) is 11.5 Å². The quantitative estimate of drug-likeness (QED) is 0.894. The van der Waals surface area contributed by atoms with Crippen LogP contribution >= 0.6 is 0 Å². The zero-order valence-electron chi connectivity index (χ0n) is 11.7. The Bertz CT molecular complexity index is 640. The number of aromatic amines is 1. The molecule has 0 aliphatic carbocycles. The molecule has 0 aliphatic heterocycles. The number of hydrogen-bond acceptors (Lipinski definition) is 5. The molecule has 1 aromatic carbocycles. The molecule has 1 heterocycles. The zero-order chi connectivity index (χ0) is 14.5. The fourth-order valence-electron chi connectivity index (χ4n) is 1.89. The standard InChI is InChI=1S/C14H17N3O3/c1-17(13-7-14(18)16-9-15-13)8-10-4-5-11(19-2)6-12(10)20-3/h4-7,9H,8H2,1-3H3,(H,15,16,18). The summed E-state index contributed by atoms with van der Waals surface area (Å²) in [6.45, 7) is 0.573. The van der Waals surface area contributed by atoms with Gasteiger partial charge >= 0.3 is 0 Å². The normalized spacial score (nSPS) is 10.2. The molecule has 0 fully saturated rings. The van der Waals surface area contributed by atoms with E-state index in [2.05, 4.69) is 9.97 Å². The van der Waals surface area contributed by atoms with Crippen LogP contribution in [0.5, 0.6) is 11.5 Å². The number of hydrogen-bond donors (Lipinski definition) is 1. The molecule has 0 saturated heterocycles. The first-order chi connectivity index (χ1) is 9.63. The third kappa shape index (κ3) is 3.09. The van der Waals surface area contributed by atoms with Crippen LogP contribution in [-0.2, 0) is 6.54 Å². The Morgan fingerprint density at radius 3 is 2.70 bits per heavy atom. The van der Waals surface area contributed by atoms with E-state index in [4.69, 9.17) is 9.47 Å². The van der Waals surface area contributed by atoms with Crippen molar-refractivity contribution in [1.82, 2.24) is 9.97 Å². The fourth-order valence-corrected chi connectivity index (χ4v) is 1.89. The second kappa shape index (κ2) is 6.10. The maximum atomic E-state index is 11.3. The van der Waals surface area contributed by atoms with Gasteiger partial charge in [-0.15, -0.1) is 0 Å². The van der Waals surface area contributed by atoms with E-state index in [1.807, 2.05) is 30.1 Å². The molecule has 106 valence electrons. The van der Waals surface area contributed by atoms with Crippen molar-refractivity contribution in [2.45, 2.75) is 6.54 Å². The van der Waals surface area contributed by atoms with Crippen molar-refractivity contribution in [2.24, 2.45) is 0 Å². The van der Waals surface area contributed by atoms with Gasteiger partial charge in [0.1, 0.15) is 17.3 Å². The average Bonchev–Trinajstić information content (AvgIpc) is 2.47. The fraction of sp³-hybridized carbons (Fsp3) is 0.286. The molecule has 2 rings (SSSR count). The molecule has 0 radical (unpaired) electrons. The molecule has 6 heteroatoms. The summed E-state index contributed by atoms with van der Waals surface area (Å²) in [5.74, 6) is 2.08. The minimum Gasteiger partial charge on any atom is -0.497 e. The number of methoxy groups -OCH3 is 2. The van der Waals surface area contributed by atoms with E-state index in [1.54, 1.807) is 14.2 Å². The first-order valence-electron chi connectivity index (χ1n) is 6.11. The van der Waals surface area contributed by atoms with Crippen LogP contribution in [0.1, 0.15) is 5.56 Å². The number of H-pyrrole nitrogens is 1. The molecule has 1 aromatic heterocycles. The SMILES string of the molecule is COc1ccc(CN(C)c2cc(=O)[nH]cn2)c(OC)c1. The van der Waals surface area contributed by atoms with Gasteiger partial charge in [0.15, 0.2) is 0 Å². The van der Waals surface area contributed by atoms with Crippen LogP contribution in [0, 0.1) is 0 Å². The first-order valence-corrected chi connectivity index (χ1v) is 6.11. The monoisotopic (exact) mass is 275 g/mol. The van der Waals surface area contributed by atoms with Crippen LogP contribution in [0.15, 0.2) is 35.4 Å². The Balaban J connectivity index is 2.23. The van der Waals surface area contributed by atoms with Crippen molar-refractivity contribution < 1.29 is 9.47 Å². The lowest BCUT2D eigenvalue weighted by atomic mass is 10.2. The molecular formula is C14H17N3O3. The molecule has 0 saturated carbocycles. The van der Waals surface area contributed by atoms with Crippen LogP contribution in [-0.4, -0.2) is 31.2 Å². The molecule has 20 heavy (non-hydrogen) atoms. The van der Waals surface area contributed by atoms with Crippen molar-refractivity contribution in [3.63, 3.8) is 0 Å². The maximum Gasteiger partial charge on any atom is 0.252 e. The summed E-state index contributed by atoms with van der Waals surface area (Å²) in [7, 11) is 5.09. The summed E-state index contributed by atoms with van der Waals surface area (Å²) >= 11 is 0. The number of nitrogens with zero attached hydrogens (tertiary/aromatic N) is 2. The van der Waals surface area contributed by atoms with Crippen molar-refractivity contribution in [2.75, 3.05) is 26.2 Å². The number of rotatable bonds is 5. The van der Waals surface area contributed by atoms with Crippen molar-refractivity contribution >= 4 is 5.82 Å². The van der Waals surface area contributed by atoms with E-state index in [-0.39, 0.29) is 5.56 Å². The van der Waals surface area contributed by atoms with Gasteiger partial charge < -0.3 is 19.4 Å².